The van der Waals surface area contributed by atoms with Gasteiger partial charge in [0.2, 0.25) is 0 Å². The minimum atomic E-state index is -0.523. The van der Waals surface area contributed by atoms with E-state index in [2.05, 4.69) is 31.1 Å². The van der Waals surface area contributed by atoms with Crippen molar-refractivity contribution in [2.45, 2.75) is 6.54 Å². The van der Waals surface area contributed by atoms with E-state index >= 15 is 0 Å². The van der Waals surface area contributed by atoms with E-state index in [0.29, 0.717) is 10.3 Å². The van der Waals surface area contributed by atoms with Crippen LogP contribution in [0.1, 0.15) is 5.82 Å². The molecule has 0 aliphatic heterocycles. The van der Waals surface area contributed by atoms with E-state index in [0.717, 1.165) is 0 Å². The first-order valence-electron chi connectivity index (χ1n) is 5.72. The lowest BCUT2D eigenvalue weighted by atomic mass is 10.3. The Labute approximate surface area is 123 Å². The van der Waals surface area contributed by atoms with Crippen molar-refractivity contribution in [3.8, 4) is 5.75 Å². The maximum absolute atomic E-state index is 13.5. The Kier molecular flexibility index (Phi) is 4.67. The number of carbonyl (C=O) groups is 1. The third kappa shape index (κ3) is 3.77. The molecule has 1 amide bonds. The first-order valence-corrected chi connectivity index (χ1v) is 6.51. The van der Waals surface area contributed by atoms with Crippen molar-refractivity contribution in [3.05, 3.63) is 40.6 Å². The molecule has 2 rings (SSSR count). The molecule has 20 heavy (non-hydrogen) atoms. The molecule has 0 saturated carbocycles. The molecule has 1 N–H and O–H groups in total. The molecule has 0 bridgehead atoms. The second kappa shape index (κ2) is 6.47. The average molecular weight is 343 g/mol. The summed E-state index contributed by atoms with van der Waals surface area (Å²) < 4.78 is 19.3. The van der Waals surface area contributed by atoms with E-state index < -0.39 is 5.82 Å². The van der Waals surface area contributed by atoms with Crippen molar-refractivity contribution in [3.63, 3.8) is 0 Å². The SMILES string of the molecule is CN(Cc1ncn[nH]1)C(=O)COc1ccc(Br)cc1F. The summed E-state index contributed by atoms with van der Waals surface area (Å²) in [6.45, 7) is 0.0359. The Morgan fingerprint density at radius 1 is 1.55 bits per heavy atom. The standard InChI is InChI=1S/C12H12BrFN4O2/c1-18(5-11-15-7-16-17-11)12(19)6-20-10-3-2-8(13)4-9(10)14/h2-4,7H,5-6H2,1H3,(H,15,16,17). The molecule has 6 nitrogen and oxygen atoms in total. The highest BCUT2D eigenvalue weighted by molar-refractivity contribution is 9.10. The van der Waals surface area contributed by atoms with E-state index in [9.17, 15) is 9.18 Å². The molecule has 1 aromatic heterocycles. The molecule has 0 unspecified atom stereocenters. The topological polar surface area (TPSA) is 71.1 Å². The summed E-state index contributed by atoms with van der Waals surface area (Å²) in [6, 6.07) is 4.38. The van der Waals surface area contributed by atoms with Gasteiger partial charge < -0.3 is 9.64 Å². The van der Waals surface area contributed by atoms with Crippen LogP contribution in [0.5, 0.6) is 5.75 Å². The Bertz CT molecular complexity index is 591. The fraction of sp³-hybridized carbons (Fsp3) is 0.250. The van der Waals surface area contributed by atoms with Crippen molar-refractivity contribution >= 4 is 21.8 Å². The lowest BCUT2D eigenvalue weighted by Gasteiger charge is -2.16. The van der Waals surface area contributed by atoms with Crippen molar-refractivity contribution < 1.29 is 13.9 Å². The summed E-state index contributed by atoms with van der Waals surface area (Å²) in [4.78, 5) is 17.2. The summed E-state index contributed by atoms with van der Waals surface area (Å²) in [5, 5.41) is 6.34. The first kappa shape index (κ1) is 14.4. The third-order valence-corrected chi connectivity index (χ3v) is 3.02. The van der Waals surface area contributed by atoms with Gasteiger partial charge in [-0.15, -0.1) is 0 Å². The predicted octanol–water partition coefficient (Wildman–Crippen LogP) is 1.74. The quantitative estimate of drug-likeness (QED) is 0.898. The van der Waals surface area contributed by atoms with Gasteiger partial charge in [0, 0.05) is 11.5 Å². The lowest BCUT2D eigenvalue weighted by Crippen LogP contribution is -2.31. The van der Waals surface area contributed by atoms with Crippen LogP contribution < -0.4 is 4.74 Å². The Hall–Kier alpha value is -1.96. The zero-order valence-corrected chi connectivity index (χ0v) is 12.2. The highest BCUT2D eigenvalue weighted by Crippen LogP contribution is 2.21. The predicted molar refractivity (Wildman–Crippen MR) is 72.5 cm³/mol. The summed E-state index contributed by atoms with van der Waals surface area (Å²) in [5.41, 5.74) is 0. The molecule has 0 fully saturated rings. The normalized spacial score (nSPS) is 10.3. The number of carbonyl (C=O) groups excluding carboxylic acids is 1. The van der Waals surface area contributed by atoms with E-state index in [-0.39, 0.29) is 24.8 Å². The Morgan fingerprint density at radius 2 is 2.35 bits per heavy atom. The number of nitrogens with one attached hydrogen (secondary N) is 1. The molecule has 8 heteroatoms. The number of hydrogen-bond acceptors (Lipinski definition) is 4. The lowest BCUT2D eigenvalue weighted by molar-refractivity contribution is -0.132. The number of H-pyrrole nitrogens is 1. The fourth-order valence-electron chi connectivity index (χ4n) is 1.46. The van der Waals surface area contributed by atoms with Crippen LogP contribution >= 0.6 is 15.9 Å². The summed E-state index contributed by atoms with van der Waals surface area (Å²) >= 11 is 3.15. The molecule has 106 valence electrons. The van der Waals surface area contributed by atoms with Gasteiger partial charge in [-0.1, -0.05) is 15.9 Å². The molecular weight excluding hydrogens is 331 g/mol. The summed E-state index contributed by atoms with van der Waals surface area (Å²) in [6.07, 6.45) is 1.36. The van der Waals surface area contributed by atoms with Crippen LogP contribution in [0, 0.1) is 5.82 Å². The van der Waals surface area contributed by atoms with Gasteiger partial charge in [0.25, 0.3) is 5.91 Å². The third-order valence-electron chi connectivity index (χ3n) is 2.52. The first-order chi connectivity index (χ1) is 9.56. The number of rotatable bonds is 5. The molecule has 1 aromatic carbocycles. The number of amides is 1. The fourth-order valence-corrected chi connectivity index (χ4v) is 1.79. The second-order valence-corrected chi connectivity index (χ2v) is 4.96. The van der Waals surface area contributed by atoms with Crippen molar-refractivity contribution in [1.29, 1.82) is 0 Å². The molecule has 0 saturated heterocycles. The maximum Gasteiger partial charge on any atom is 0.260 e. The smallest absolute Gasteiger partial charge is 0.260 e. The van der Waals surface area contributed by atoms with Gasteiger partial charge in [0.15, 0.2) is 18.2 Å². The minimum Gasteiger partial charge on any atom is -0.481 e. The molecule has 0 atom stereocenters. The number of hydrogen-bond donors (Lipinski definition) is 1. The van der Waals surface area contributed by atoms with Gasteiger partial charge in [-0.05, 0) is 18.2 Å². The molecular formula is C12H12BrFN4O2. The van der Waals surface area contributed by atoms with Gasteiger partial charge in [-0.2, -0.15) is 5.10 Å². The maximum atomic E-state index is 13.5. The van der Waals surface area contributed by atoms with Gasteiger partial charge in [-0.25, -0.2) is 9.37 Å². The number of aromatic nitrogens is 3. The van der Waals surface area contributed by atoms with Gasteiger partial charge in [-0.3, -0.25) is 9.89 Å². The van der Waals surface area contributed by atoms with Crippen LogP contribution in [0.25, 0.3) is 0 Å². The number of benzene rings is 1. The summed E-state index contributed by atoms with van der Waals surface area (Å²) in [5.74, 6) is -0.209. The highest BCUT2D eigenvalue weighted by Gasteiger charge is 2.13. The van der Waals surface area contributed by atoms with Gasteiger partial charge in [0.05, 0.1) is 6.54 Å². The molecule has 0 aliphatic carbocycles. The number of nitrogens with zero attached hydrogens (tertiary/aromatic N) is 3. The highest BCUT2D eigenvalue weighted by atomic mass is 79.9. The molecule has 0 spiro atoms. The van der Waals surface area contributed by atoms with E-state index in [1.165, 1.54) is 23.4 Å². The van der Waals surface area contributed by atoms with Gasteiger partial charge in [0.1, 0.15) is 12.2 Å². The Morgan fingerprint density at radius 3 is 3.00 bits per heavy atom. The summed E-state index contributed by atoms with van der Waals surface area (Å²) in [7, 11) is 1.60. The molecule has 1 heterocycles. The monoisotopic (exact) mass is 342 g/mol. The number of ether oxygens (including phenoxy) is 1. The zero-order valence-electron chi connectivity index (χ0n) is 10.6. The van der Waals surface area contributed by atoms with Gasteiger partial charge >= 0.3 is 0 Å². The zero-order chi connectivity index (χ0) is 14.5. The molecule has 0 radical (unpaired) electrons. The molecule has 0 aliphatic rings. The van der Waals surface area contributed by atoms with Crippen molar-refractivity contribution in [1.82, 2.24) is 20.1 Å². The van der Waals surface area contributed by atoms with Crippen LogP contribution in [0.3, 0.4) is 0 Å². The number of aromatic amines is 1. The van der Waals surface area contributed by atoms with E-state index in [4.69, 9.17) is 4.74 Å². The van der Waals surface area contributed by atoms with Crippen LogP contribution in [0.15, 0.2) is 29.0 Å². The molecule has 2 aromatic rings. The van der Waals surface area contributed by atoms with Crippen LogP contribution in [-0.4, -0.2) is 39.6 Å². The van der Waals surface area contributed by atoms with Crippen LogP contribution in [0.2, 0.25) is 0 Å². The van der Waals surface area contributed by atoms with Crippen molar-refractivity contribution in [2.24, 2.45) is 0 Å². The Balaban J connectivity index is 1.88. The number of likely N-dealkylation sites (N-methyl/N-ethyl adjacent to an activating group) is 1. The van der Waals surface area contributed by atoms with E-state index in [1.54, 1.807) is 13.1 Å². The average Bonchev–Trinajstić information content (AvgIpc) is 2.90. The largest absolute Gasteiger partial charge is 0.481 e. The number of halogens is 2. The van der Waals surface area contributed by atoms with Crippen LogP contribution in [0.4, 0.5) is 4.39 Å². The second-order valence-electron chi connectivity index (χ2n) is 4.05. The van der Waals surface area contributed by atoms with Crippen LogP contribution in [-0.2, 0) is 11.3 Å². The van der Waals surface area contributed by atoms with E-state index in [1.807, 2.05) is 0 Å². The minimum absolute atomic E-state index is 0.0367. The van der Waals surface area contributed by atoms with Crippen molar-refractivity contribution in [2.75, 3.05) is 13.7 Å².